The summed E-state index contributed by atoms with van der Waals surface area (Å²) in [5.74, 6) is 0.222. The van der Waals surface area contributed by atoms with Crippen LogP contribution in [-0.2, 0) is 4.79 Å². The Labute approximate surface area is 97.9 Å². The van der Waals surface area contributed by atoms with Crippen LogP contribution in [0.5, 0.6) is 0 Å². The average molecular weight is 222 g/mol. The molecule has 3 heteroatoms. The van der Waals surface area contributed by atoms with Gasteiger partial charge in [-0.25, -0.2) is 0 Å². The van der Waals surface area contributed by atoms with E-state index in [1.807, 2.05) is 0 Å². The van der Waals surface area contributed by atoms with Gasteiger partial charge in [-0.1, -0.05) is 20.3 Å². The maximum absolute atomic E-state index is 12.1. The highest BCUT2D eigenvalue weighted by Crippen LogP contribution is 2.24. The molecule has 0 radical (unpaired) electrons. The maximum Gasteiger partial charge on any atom is 0.241 e. The number of carbonyl (C=O) groups excluding carboxylic acids is 1. The van der Waals surface area contributed by atoms with Crippen LogP contribution in [0.3, 0.4) is 0 Å². The molecule has 0 saturated carbocycles. The van der Waals surface area contributed by atoms with Crippen LogP contribution in [-0.4, -0.2) is 29.9 Å². The molecule has 16 heavy (non-hydrogen) atoms. The number of nitrogens with zero attached hydrogens (tertiary/aromatic N) is 1. The molecule has 0 aromatic rings. The van der Waals surface area contributed by atoms with Crippen LogP contribution in [0.15, 0.2) is 11.3 Å². The highest BCUT2D eigenvalue weighted by Gasteiger charge is 2.32. The molecule has 2 aliphatic heterocycles. The molecular formula is C13H22N2O. The van der Waals surface area contributed by atoms with E-state index < -0.39 is 0 Å². The van der Waals surface area contributed by atoms with Gasteiger partial charge in [0.25, 0.3) is 0 Å². The molecule has 0 aromatic carbocycles. The Morgan fingerprint density at radius 1 is 1.31 bits per heavy atom. The van der Waals surface area contributed by atoms with Gasteiger partial charge in [-0.2, -0.15) is 0 Å². The van der Waals surface area contributed by atoms with Gasteiger partial charge in [0, 0.05) is 12.2 Å². The molecule has 90 valence electrons. The highest BCUT2D eigenvalue weighted by molar-refractivity contribution is 5.84. The highest BCUT2D eigenvalue weighted by atomic mass is 16.2. The Hall–Kier alpha value is -0.830. The van der Waals surface area contributed by atoms with Gasteiger partial charge in [-0.05, 0) is 37.8 Å². The summed E-state index contributed by atoms with van der Waals surface area (Å²) in [4.78, 5) is 14.5. The first-order valence-corrected chi connectivity index (χ1v) is 6.52. The number of hydrogen-bond acceptors (Lipinski definition) is 2. The third-order valence-corrected chi connectivity index (χ3v) is 3.79. The molecule has 2 rings (SSSR count). The Bertz CT molecular complexity index is 309. The smallest absolute Gasteiger partial charge is 0.241 e. The first-order valence-electron chi connectivity index (χ1n) is 6.52. The lowest BCUT2D eigenvalue weighted by atomic mass is 10.0. The average Bonchev–Trinajstić information content (AvgIpc) is 2.46. The first-order chi connectivity index (χ1) is 7.76. The molecule has 1 atom stereocenters. The van der Waals surface area contributed by atoms with Crippen LogP contribution >= 0.6 is 0 Å². The summed E-state index contributed by atoms with van der Waals surface area (Å²) in [7, 11) is 0. The van der Waals surface area contributed by atoms with Crippen molar-refractivity contribution in [3.63, 3.8) is 0 Å². The van der Waals surface area contributed by atoms with Crippen molar-refractivity contribution < 1.29 is 4.79 Å². The quantitative estimate of drug-likeness (QED) is 0.775. The Morgan fingerprint density at radius 3 is 2.81 bits per heavy atom. The molecule has 0 unspecified atom stereocenters. The van der Waals surface area contributed by atoms with Gasteiger partial charge in [-0.3, -0.25) is 9.69 Å². The molecule has 2 heterocycles. The lowest BCUT2D eigenvalue weighted by Crippen LogP contribution is -2.47. The zero-order chi connectivity index (χ0) is 11.5. The van der Waals surface area contributed by atoms with Crippen LogP contribution in [0.25, 0.3) is 0 Å². The molecule has 2 aliphatic rings. The Kier molecular flexibility index (Phi) is 3.64. The maximum atomic E-state index is 12.1. The second-order valence-corrected chi connectivity index (χ2v) is 4.76. The van der Waals surface area contributed by atoms with Gasteiger partial charge in [0.2, 0.25) is 5.91 Å². The van der Waals surface area contributed by atoms with E-state index in [4.69, 9.17) is 0 Å². The van der Waals surface area contributed by atoms with E-state index in [-0.39, 0.29) is 11.9 Å². The number of hydrogen-bond donors (Lipinski definition) is 1. The van der Waals surface area contributed by atoms with Crippen LogP contribution in [0.4, 0.5) is 0 Å². The first kappa shape index (κ1) is 11.6. The molecule has 0 spiro atoms. The zero-order valence-corrected chi connectivity index (χ0v) is 10.4. The van der Waals surface area contributed by atoms with Gasteiger partial charge < -0.3 is 5.32 Å². The van der Waals surface area contributed by atoms with E-state index in [0.717, 1.165) is 32.4 Å². The van der Waals surface area contributed by atoms with Crippen LogP contribution in [0.1, 0.15) is 46.0 Å². The van der Waals surface area contributed by atoms with Crippen molar-refractivity contribution in [3.05, 3.63) is 11.3 Å². The van der Waals surface area contributed by atoms with E-state index in [1.54, 1.807) is 0 Å². The summed E-state index contributed by atoms with van der Waals surface area (Å²) in [5.41, 5.74) is 2.59. The summed E-state index contributed by atoms with van der Waals surface area (Å²) in [6.07, 6.45) is 5.45. The lowest BCUT2D eigenvalue weighted by Gasteiger charge is -2.32. The monoisotopic (exact) mass is 222 g/mol. The van der Waals surface area contributed by atoms with Crippen LogP contribution in [0.2, 0.25) is 0 Å². The fourth-order valence-corrected chi connectivity index (χ4v) is 2.80. The predicted octanol–water partition coefficient (Wildman–Crippen LogP) is 2.04. The van der Waals surface area contributed by atoms with Gasteiger partial charge in [0.15, 0.2) is 0 Å². The van der Waals surface area contributed by atoms with Gasteiger partial charge in [0.1, 0.15) is 0 Å². The van der Waals surface area contributed by atoms with Crippen LogP contribution < -0.4 is 5.32 Å². The van der Waals surface area contributed by atoms with Crippen molar-refractivity contribution in [3.8, 4) is 0 Å². The van der Waals surface area contributed by atoms with Gasteiger partial charge >= 0.3 is 0 Å². The third kappa shape index (κ3) is 2.14. The van der Waals surface area contributed by atoms with E-state index in [0.29, 0.717) is 0 Å². The van der Waals surface area contributed by atoms with Gasteiger partial charge in [0.05, 0.1) is 6.04 Å². The molecule has 0 aliphatic carbocycles. The van der Waals surface area contributed by atoms with E-state index in [9.17, 15) is 4.79 Å². The molecule has 0 bridgehead atoms. The van der Waals surface area contributed by atoms with Crippen molar-refractivity contribution in [2.45, 2.75) is 52.0 Å². The molecule has 1 N–H and O–H groups in total. The molecule has 0 aromatic heterocycles. The molecular weight excluding hydrogens is 200 g/mol. The summed E-state index contributed by atoms with van der Waals surface area (Å²) in [5, 5.41) is 3.13. The summed E-state index contributed by atoms with van der Waals surface area (Å²) in [6, 6.07) is 0.124. The van der Waals surface area contributed by atoms with Crippen molar-refractivity contribution in [2.75, 3.05) is 13.1 Å². The summed E-state index contributed by atoms with van der Waals surface area (Å²) >= 11 is 0. The van der Waals surface area contributed by atoms with Crippen molar-refractivity contribution >= 4 is 5.91 Å². The minimum Gasteiger partial charge on any atom is -0.328 e. The van der Waals surface area contributed by atoms with Crippen molar-refractivity contribution in [2.24, 2.45) is 0 Å². The normalized spacial score (nSPS) is 27.4. The summed E-state index contributed by atoms with van der Waals surface area (Å²) in [6.45, 7) is 6.37. The molecule has 1 saturated heterocycles. The topological polar surface area (TPSA) is 32.3 Å². The minimum absolute atomic E-state index is 0.124. The SMILES string of the molecule is CCC1=C(CC)NC(=O)[C@H]2CCCCN2C1. The van der Waals surface area contributed by atoms with E-state index in [2.05, 4.69) is 24.1 Å². The van der Waals surface area contributed by atoms with Crippen LogP contribution in [0, 0.1) is 0 Å². The largest absolute Gasteiger partial charge is 0.328 e. The number of piperidine rings is 1. The number of carbonyl (C=O) groups is 1. The number of nitrogens with one attached hydrogen (secondary N) is 1. The van der Waals surface area contributed by atoms with Crippen molar-refractivity contribution in [1.29, 1.82) is 0 Å². The molecule has 3 nitrogen and oxygen atoms in total. The Balaban J connectivity index is 2.23. The fraction of sp³-hybridized carbons (Fsp3) is 0.769. The minimum atomic E-state index is 0.124. The van der Waals surface area contributed by atoms with E-state index >= 15 is 0 Å². The van der Waals surface area contributed by atoms with Gasteiger partial charge in [-0.15, -0.1) is 0 Å². The molecule has 1 amide bonds. The number of allylic oxidation sites excluding steroid dienone is 1. The number of amides is 1. The fourth-order valence-electron chi connectivity index (χ4n) is 2.80. The molecule has 1 fully saturated rings. The predicted molar refractivity (Wildman–Crippen MR) is 65.0 cm³/mol. The lowest BCUT2D eigenvalue weighted by molar-refractivity contribution is -0.126. The van der Waals surface area contributed by atoms with Crippen molar-refractivity contribution in [1.82, 2.24) is 10.2 Å². The zero-order valence-electron chi connectivity index (χ0n) is 10.4. The van der Waals surface area contributed by atoms with E-state index in [1.165, 1.54) is 24.1 Å². The standard InChI is InChI=1S/C13H22N2O/c1-3-10-9-15-8-6-5-7-12(15)13(16)14-11(10)4-2/h12H,3-9H2,1-2H3,(H,14,16)/t12-/m1/s1. The third-order valence-electron chi connectivity index (χ3n) is 3.79. The number of fused-ring (bicyclic) bond motifs is 1. The second-order valence-electron chi connectivity index (χ2n) is 4.76. The second kappa shape index (κ2) is 5.00. The number of rotatable bonds is 2. The summed E-state index contributed by atoms with van der Waals surface area (Å²) < 4.78 is 0. The Morgan fingerprint density at radius 2 is 2.12 bits per heavy atom.